The van der Waals surface area contributed by atoms with Crippen molar-refractivity contribution in [3.63, 3.8) is 0 Å². The first-order chi connectivity index (χ1) is 15.4. The zero-order valence-electron chi connectivity index (χ0n) is 19.0. The third-order valence-electron chi connectivity index (χ3n) is 6.25. The van der Waals surface area contributed by atoms with Gasteiger partial charge in [0, 0.05) is 30.7 Å². The lowest BCUT2D eigenvalue weighted by atomic mass is 10.0. The Morgan fingerprint density at radius 3 is 2.47 bits per heavy atom. The Hall–Kier alpha value is -2.63. The molecular weight excluding hydrogens is 420 g/mol. The maximum atomic E-state index is 13.2. The third-order valence-corrected chi connectivity index (χ3v) is 6.50. The number of amides is 1. The second-order valence-corrected chi connectivity index (χ2v) is 9.37. The molecular formula is C26H31ClN4O. The van der Waals surface area contributed by atoms with Gasteiger partial charge in [-0.15, -0.1) is 0 Å². The van der Waals surface area contributed by atoms with Gasteiger partial charge in [0.1, 0.15) is 0 Å². The van der Waals surface area contributed by atoms with E-state index in [1.54, 1.807) is 6.20 Å². The molecule has 0 bridgehead atoms. The van der Waals surface area contributed by atoms with Crippen molar-refractivity contribution < 1.29 is 4.79 Å². The second kappa shape index (κ2) is 9.88. The quantitative estimate of drug-likeness (QED) is 0.550. The van der Waals surface area contributed by atoms with Gasteiger partial charge < -0.3 is 5.32 Å². The Morgan fingerprint density at radius 1 is 1.12 bits per heavy atom. The molecule has 1 amide bonds. The minimum absolute atomic E-state index is 0.0359. The molecule has 0 unspecified atom stereocenters. The first-order valence-electron chi connectivity index (χ1n) is 11.3. The lowest BCUT2D eigenvalue weighted by molar-refractivity contribution is 0.0907. The van der Waals surface area contributed by atoms with Crippen molar-refractivity contribution in [1.29, 1.82) is 0 Å². The van der Waals surface area contributed by atoms with Gasteiger partial charge in [0.15, 0.2) is 0 Å². The summed E-state index contributed by atoms with van der Waals surface area (Å²) in [5.74, 6) is 0.121. The fourth-order valence-corrected chi connectivity index (χ4v) is 4.53. The first-order valence-corrected chi connectivity index (χ1v) is 11.7. The monoisotopic (exact) mass is 450 g/mol. The van der Waals surface area contributed by atoms with E-state index in [1.807, 2.05) is 28.9 Å². The summed E-state index contributed by atoms with van der Waals surface area (Å²) < 4.78 is 1.85. The SMILES string of the molecule is Cc1ccccc1CN1CCC(NC(=O)c2cnn(-c3ccc(Cl)cc3)c2C(C)C)CC1. The number of halogens is 1. The number of carbonyl (C=O) groups excluding carboxylic acids is 1. The van der Waals surface area contributed by atoms with E-state index >= 15 is 0 Å². The highest BCUT2D eigenvalue weighted by molar-refractivity contribution is 6.30. The summed E-state index contributed by atoms with van der Waals surface area (Å²) in [6.45, 7) is 9.28. The van der Waals surface area contributed by atoms with Gasteiger partial charge in [-0.1, -0.05) is 49.7 Å². The number of aryl methyl sites for hydroxylation is 1. The molecule has 5 nitrogen and oxygen atoms in total. The van der Waals surface area contributed by atoms with Crippen molar-refractivity contribution >= 4 is 17.5 Å². The number of nitrogens with zero attached hydrogens (tertiary/aromatic N) is 3. The van der Waals surface area contributed by atoms with Gasteiger partial charge in [-0.2, -0.15) is 5.10 Å². The lowest BCUT2D eigenvalue weighted by Crippen LogP contribution is -2.44. The molecule has 168 valence electrons. The smallest absolute Gasteiger partial charge is 0.255 e. The predicted molar refractivity (Wildman–Crippen MR) is 130 cm³/mol. The zero-order chi connectivity index (χ0) is 22.7. The number of likely N-dealkylation sites (tertiary alicyclic amines) is 1. The number of hydrogen-bond acceptors (Lipinski definition) is 3. The summed E-state index contributed by atoms with van der Waals surface area (Å²) >= 11 is 6.03. The molecule has 0 radical (unpaired) electrons. The molecule has 0 spiro atoms. The van der Waals surface area contributed by atoms with Crippen molar-refractivity contribution in [1.82, 2.24) is 20.0 Å². The van der Waals surface area contributed by atoms with Crippen LogP contribution in [0.15, 0.2) is 54.7 Å². The van der Waals surface area contributed by atoms with E-state index in [9.17, 15) is 4.79 Å². The van der Waals surface area contributed by atoms with E-state index < -0.39 is 0 Å². The van der Waals surface area contributed by atoms with Crippen LogP contribution in [-0.4, -0.2) is 39.7 Å². The molecule has 1 saturated heterocycles. The molecule has 1 aromatic heterocycles. The van der Waals surface area contributed by atoms with Gasteiger partial charge in [0.05, 0.1) is 23.1 Å². The molecule has 3 aromatic rings. The van der Waals surface area contributed by atoms with E-state index in [2.05, 4.69) is 60.4 Å². The van der Waals surface area contributed by atoms with Crippen LogP contribution in [0.1, 0.15) is 59.8 Å². The average molecular weight is 451 g/mol. The Balaban J connectivity index is 1.40. The Labute approximate surface area is 195 Å². The summed E-state index contributed by atoms with van der Waals surface area (Å²) in [4.78, 5) is 15.6. The summed E-state index contributed by atoms with van der Waals surface area (Å²) in [6, 6.07) is 16.3. The van der Waals surface area contributed by atoms with Crippen molar-refractivity contribution in [2.75, 3.05) is 13.1 Å². The van der Waals surface area contributed by atoms with E-state index in [-0.39, 0.29) is 17.9 Å². The fraction of sp³-hybridized carbons (Fsp3) is 0.385. The van der Waals surface area contributed by atoms with Crippen LogP contribution in [0.25, 0.3) is 5.69 Å². The minimum Gasteiger partial charge on any atom is -0.349 e. The van der Waals surface area contributed by atoms with Crippen LogP contribution in [-0.2, 0) is 6.54 Å². The highest BCUT2D eigenvalue weighted by Gasteiger charge is 2.25. The molecule has 0 atom stereocenters. The molecule has 1 aliphatic rings. The maximum absolute atomic E-state index is 13.2. The Morgan fingerprint density at radius 2 is 1.81 bits per heavy atom. The lowest BCUT2D eigenvalue weighted by Gasteiger charge is -2.32. The highest BCUT2D eigenvalue weighted by Crippen LogP contribution is 2.25. The van der Waals surface area contributed by atoms with Crippen LogP contribution < -0.4 is 5.32 Å². The van der Waals surface area contributed by atoms with Gasteiger partial charge in [0.2, 0.25) is 0 Å². The summed E-state index contributed by atoms with van der Waals surface area (Å²) in [6.07, 6.45) is 3.60. The predicted octanol–water partition coefficient (Wildman–Crippen LogP) is 5.35. The standard InChI is InChI=1S/C26H31ClN4O/c1-18(2)25-24(16-28-31(25)23-10-8-21(27)9-11-23)26(32)29-22-12-14-30(15-13-22)17-20-7-5-4-6-19(20)3/h4-11,16,18,22H,12-15,17H2,1-3H3,(H,29,32). The molecule has 0 aliphatic carbocycles. The number of benzene rings is 2. The number of nitrogens with one attached hydrogen (secondary N) is 1. The van der Waals surface area contributed by atoms with E-state index in [0.717, 1.165) is 43.9 Å². The molecule has 32 heavy (non-hydrogen) atoms. The number of hydrogen-bond donors (Lipinski definition) is 1. The number of rotatable bonds is 6. The summed E-state index contributed by atoms with van der Waals surface area (Å²) in [5.41, 5.74) is 5.19. The summed E-state index contributed by atoms with van der Waals surface area (Å²) in [7, 11) is 0. The number of carbonyl (C=O) groups is 1. The minimum atomic E-state index is -0.0359. The highest BCUT2D eigenvalue weighted by atomic mass is 35.5. The molecule has 0 saturated carbocycles. The van der Waals surface area contributed by atoms with Gasteiger partial charge in [-0.3, -0.25) is 9.69 Å². The Bertz CT molecular complexity index is 1070. The molecule has 1 fully saturated rings. The van der Waals surface area contributed by atoms with Gasteiger partial charge >= 0.3 is 0 Å². The van der Waals surface area contributed by atoms with Crippen LogP contribution in [0.5, 0.6) is 0 Å². The second-order valence-electron chi connectivity index (χ2n) is 8.94. The first kappa shape index (κ1) is 22.6. The van der Waals surface area contributed by atoms with E-state index in [1.165, 1.54) is 11.1 Å². The van der Waals surface area contributed by atoms with E-state index in [0.29, 0.717) is 10.6 Å². The van der Waals surface area contributed by atoms with Gasteiger partial charge in [-0.05, 0) is 61.1 Å². The zero-order valence-corrected chi connectivity index (χ0v) is 19.8. The van der Waals surface area contributed by atoms with Crippen LogP contribution in [0, 0.1) is 6.92 Å². The molecule has 1 aliphatic heterocycles. The van der Waals surface area contributed by atoms with Crippen LogP contribution >= 0.6 is 11.6 Å². The third kappa shape index (κ3) is 5.05. The molecule has 1 N–H and O–H groups in total. The Kier molecular flexibility index (Phi) is 6.97. The summed E-state index contributed by atoms with van der Waals surface area (Å²) in [5, 5.41) is 8.46. The fourth-order valence-electron chi connectivity index (χ4n) is 4.40. The average Bonchev–Trinajstić information content (AvgIpc) is 3.23. The maximum Gasteiger partial charge on any atom is 0.255 e. The van der Waals surface area contributed by atoms with Crippen LogP contribution in [0.4, 0.5) is 0 Å². The van der Waals surface area contributed by atoms with Crippen LogP contribution in [0.3, 0.4) is 0 Å². The normalized spacial score (nSPS) is 15.3. The van der Waals surface area contributed by atoms with E-state index in [4.69, 9.17) is 11.6 Å². The topological polar surface area (TPSA) is 50.2 Å². The largest absolute Gasteiger partial charge is 0.349 e. The molecule has 2 heterocycles. The van der Waals surface area contributed by atoms with Gasteiger partial charge in [0.25, 0.3) is 5.91 Å². The van der Waals surface area contributed by atoms with Crippen molar-refractivity contribution in [2.45, 2.75) is 52.1 Å². The van der Waals surface area contributed by atoms with Crippen molar-refractivity contribution in [3.05, 3.63) is 82.1 Å². The molecule has 2 aromatic carbocycles. The van der Waals surface area contributed by atoms with Crippen molar-refractivity contribution in [2.24, 2.45) is 0 Å². The molecule has 6 heteroatoms. The number of aromatic nitrogens is 2. The van der Waals surface area contributed by atoms with Crippen LogP contribution in [0.2, 0.25) is 5.02 Å². The van der Waals surface area contributed by atoms with Gasteiger partial charge in [-0.25, -0.2) is 4.68 Å². The molecule has 4 rings (SSSR count). The van der Waals surface area contributed by atoms with Crippen molar-refractivity contribution in [3.8, 4) is 5.69 Å². The number of piperidine rings is 1.